The second-order valence-corrected chi connectivity index (χ2v) is 6.58. The number of aromatic nitrogens is 1. The molecule has 116 valence electrons. The van der Waals surface area contributed by atoms with E-state index in [-0.39, 0.29) is 5.41 Å². The average Bonchev–Trinajstić information content (AvgIpc) is 2.47. The normalized spacial score (nSPS) is 12.3. The van der Waals surface area contributed by atoms with Crippen molar-refractivity contribution in [1.82, 2.24) is 4.98 Å². The molecular weight excluding hydrogens is 294 g/mol. The maximum atomic E-state index is 6.46. The molecule has 0 aliphatic carbocycles. The van der Waals surface area contributed by atoms with Gasteiger partial charge >= 0.3 is 0 Å². The monoisotopic (exact) mass is 315 g/mol. The Bertz CT molecular complexity index is 654. The second-order valence-electron chi connectivity index (χ2n) is 6.17. The molecule has 1 aromatic heterocycles. The summed E-state index contributed by atoms with van der Waals surface area (Å²) >= 11 is 6.46. The lowest BCUT2D eigenvalue weighted by Gasteiger charge is -2.18. The summed E-state index contributed by atoms with van der Waals surface area (Å²) in [4.78, 5) is 4.08. The van der Waals surface area contributed by atoms with Crippen molar-refractivity contribution in [2.75, 3.05) is 6.61 Å². The zero-order valence-electron chi connectivity index (χ0n) is 13.6. The molecule has 1 aromatic carbocycles. The molecule has 22 heavy (non-hydrogen) atoms. The Labute approximate surface area is 137 Å². The number of hydrogen-bond acceptors (Lipinski definition) is 2. The van der Waals surface area contributed by atoms with Crippen LogP contribution in [-0.4, -0.2) is 11.6 Å². The molecule has 0 aliphatic heterocycles. The quantitative estimate of drug-likeness (QED) is 0.741. The Morgan fingerprint density at radius 2 is 1.86 bits per heavy atom. The highest BCUT2D eigenvalue weighted by Crippen LogP contribution is 2.30. The third-order valence-electron chi connectivity index (χ3n) is 3.41. The Balaban J connectivity index is 2.29. The van der Waals surface area contributed by atoms with Gasteiger partial charge in [-0.1, -0.05) is 56.6 Å². The van der Waals surface area contributed by atoms with Crippen LogP contribution in [0.2, 0.25) is 0 Å². The minimum absolute atomic E-state index is 0.152. The van der Waals surface area contributed by atoms with E-state index in [1.54, 1.807) is 12.4 Å². The molecule has 0 N–H and O–H groups in total. The van der Waals surface area contributed by atoms with Gasteiger partial charge in [0.15, 0.2) is 0 Å². The summed E-state index contributed by atoms with van der Waals surface area (Å²) in [6.07, 6.45) is 5.36. The van der Waals surface area contributed by atoms with Gasteiger partial charge in [0.05, 0.1) is 17.8 Å². The predicted molar refractivity (Wildman–Crippen MR) is 94.3 cm³/mol. The van der Waals surface area contributed by atoms with E-state index in [4.69, 9.17) is 16.3 Å². The van der Waals surface area contributed by atoms with Gasteiger partial charge < -0.3 is 4.74 Å². The van der Waals surface area contributed by atoms with Crippen molar-refractivity contribution in [2.45, 2.75) is 33.1 Å². The van der Waals surface area contributed by atoms with Crippen LogP contribution in [0.5, 0.6) is 5.75 Å². The molecule has 0 bridgehead atoms. The zero-order valence-corrected chi connectivity index (χ0v) is 14.3. The van der Waals surface area contributed by atoms with Gasteiger partial charge in [0.1, 0.15) is 5.75 Å². The van der Waals surface area contributed by atoms with Gasteiger partial charge in [-0.15, -0.1) is 0 Å². The van der Waals surface area contributed by atoms with Crippen molar-refractivity contribution < 1.29 is 4.74 Å². The smallest absolute Gasteiger partial charge is 0.146 e. The van der Waals surface area contributed by atoms with Crippen molar-refractivity contribution in [3.63, 3.8) is 0 Å². The fourth-order valence-electron chi connectivity index (χ4n) is 2.15. The molecule has 0 radical (unpaired) electrons. The van der Waals surface area contributed by atoms with Crippen molar-refractivity contribution in [3.05, 3.63) is 59.4 Å². The van der Waals surface area contributed by atoms with Crippen LogP contribution in [0, 0.1) is 0 Å². The van der Waals surface area contributed by atoms with E-state index in [1.165, 1.54) is 5.56 Å². The van der Waals surface area contributed by atoms with E-state index in [2.05, 4.69) is 50.0 Å². The number of nitrogens with zero attached hydrogens (tertiary/aromatic N) is 1. The molecule has 0 spiro atoms. The summed E-state index contributed by atoms with van der Waals surface area (Å²) in [6.45, 7) is 9.14. The highest BCUT2D eigenvalue weighted by molar-refractivity contribution is 6.51. The largest absolute Gasteiger partial charge is 0.492 e. The van der Waals surface area contributed by atoms with E-state index >= 15 is 0 Å². The molecule has 0 aliphatic rings. The van der Waals surface area contributed by atoms with Gasteiger partial charge in [0.2, 0.25) is 0 Å². The third-order valence-corrected chi connectivity index (χ3v) is 3.72. The van der Waals surface area contributed by atoms with Crippen LogP contribution in [0.1, 0.15) is 44.4 Å². The summed E-state index contributed by atoms with van der Waals surface area (Å²) in [7, 11) is 0. The zero-order chi connectivity index (χ0) is 16.2. The van der Waals surface area contributed by atoms with Crippen molar-refractivity contribution in [3.8, 4) is 5.75 Å². The molecule has 0 atom stereocenters. The topological polar surface area (TPSA) is 22.1 Å². The van der Waals surface area contributed by atoms with E-state index in [1.807, 2.05) is 19.1 Å². The van der Waals surface area contributed by atoms with Gasteiger partial charge in [-0.3, -0.25) is 4.98 Å². The van der Waals surface area contributed by atoms with Gasteiger partial charge in [0.25, 0.3) is 0 Å². The lowest BCUT2D eigenvalue weighted by molar-refractivity contribution is 0.338. The van der Waals surface area contributed by atoms with Gasteiger partial charge in [0, 0.05) is 11.8 Å². The van der Waals surface area contributed by atoms with E-state index in [9.17, 15) is 0 Å². The highest BCUT2D eigenvalue weighted by Gasteiger charge is 2.13. The Kier molecular flexibility index (Phi) is 5.25. The standard InChI is InChI=1S/C19H22ClNO/c1-5-22-18-13-21-11-10-16(18)17(20)12-14-6-8-15(9-7-14)19(2,3)4/h6-13H,5H2,1-4H3/b17-12+. The Morgan fingerprint density at radius 1 is 1.18 bits per heavy atom. The van der Waals surface area contributed by atoms with Crippen molar-refractivity contribution in [2.24, 2.45) is 0 Å². The summed E-state index contributed by atoms with van der Waals surface area (Å²) in [6, 6.07) is 10.3. The molecule has 0 amide bonds. The van der Waals surface area contributed by atoms with Crippen LogP contribution in [0.15, 0.2) is 42.7 Å². The van der Waals surface area contributed by atoms with Crippen LogP contribution in [0.25, 0.3) is 11.1 Å². The van der Waals surface area contributed by atoms with Crippen LogP contribution in [0.4, 0.5) is 0 Å². The minimum atomic E-state index is 0.152. The van der Waals surface area contributed by atoms with E-state index in [0.29, 0.717) is 17.4 Å². The third kappa shape index (κ3) is 4.11. The maximum Gasteiger partial charge on any atom is 0.146 e. The lowest BCUT2D eigenvalue weighted by atomic mass is 9.87. The average molecular weight is 316 g/mol. The van der Waals surface area contributed by atoms with Crippen molar-refractivity contribution in [1.29, 1.82) is 0 Å². The molecule has 2 aromatic rings. The second kappa shape index (κ2) is 6.97. The number of rotatable bonds is 4. The molecule has 1 heterocycles. The van der Waals surface area contributed by atoms with Gasteiger partial charge in [-0.05, 0) is 35.6 Å². The highest BCUT2D eigenvalue weighted by atomic mass is 35.5. The van der Waals surface area contributed by atoms with Gasteiger partial charge in [-0.25, -0.2) is 0 Å². The van der Waals surface area contributed by atoms with E-state index in [0.717, 1.165) is 11.1 Å². The summed E-state index contributed by atoms with van der Waals surface area (Å²) in [5.74, 6) is 0.706. The first-order valence-electron chi connectivity index (χ1n) is 7.46. The number of halogens is 1. The van der Waals surface area contributed by atoms with Crippen LogP contribution < -0.4 is 4.74 Å². The molecule has 2 rings (SSSR count). The number of pyridine rings is 1. The summed E-state index contributed by atoms with van der Waals surface area (Å²) in [5, 5.41) is 0.648. The summed E-state index contributed by atoms with van der Waals surface area (Å²) < 4.78 is 5.57. The number of benzene rings is 1. The first kappa shape index (κ1) is 16.6. The molecule has 0 saturated carbocycles. The number of hydrogen-bond donors (Lipinski definition) is 0. The fraction of sp³-hybridized carbons (Fsp3) is 0.316. The Hall–Kier alpha value is -1.80. The maximum absolute atomic E-state index is 6.46. The minimum Gasteiger partial charge on any atom is -0.492 e. The van der Waals surface area contributed by atoms with Crippen molar-refractivity contribution >= 4 is 22.7 Å². The van der Waals surface area contributed by atoms with Gasteiger partial charge in [-0.2, -0.15) is 0 Å². The fourth-order valence-corrected chi connectivity index (χ4v) is 2.43. The first-order valence-corrected chi connectivity index (χ1v) is 7.84. The van der Waals surface area contributed by atoms with Crippen LogP contribution >= 0.6 is 11.6 Å². The SMILES string of the molecule is CCOc1cnccc1/C(Cl)=C\c1ccc(C(C)(C)C)cc1. The molecule has 3 heteroatoms. The molecule has 0 unspecified atom stereocenters. The number of ether oxygens (including phenoxy) is 1. The van der Waals surface area contributed by atoms with Crippen LogP contribution in [-0.2, 0) is 5.41 Å². The molecule has 0 fully saturated rings. The molecule has 2 nitrogen and oxygen atoms in total. The molecular formula is C19H22ClNO. The summed E-state index contributed by atoms with van der Waals surface area (Å²) in [5.41, 5.74) is 3.38. The van der Waals surface area contributed by atoms with Crippen LogP contribution in [0.3, 0.4) is 0 Å². The first-order chi connectivity index (χ1) is 10.4. The Morgan fingerprint density at radius 3 is 2.45 bits per heavy atom. The lowest BCUT2D eigenvalue weighted by Crippen LogP contribution is -2.10. The molecule has 0 saturated heterocycles. The predicted octanol–water partition coefficient (Wildman–Crippen LogP) is 5.51. The van der Waals surface area contributed by atoms with E-state index < -0.39 is 0 Å².